The van der Waals surface area contributed by atoms with Crippen molar-refractivity contribution < 1.29 is 27.8 Å². The highest BCUT2D eigenvalue weighted by Crippen LogP contribution is 2.30. The summed E-state index contributed by atoms with van der Waals surface area (Å²) in [6.45, 7) is 1.67. The number of hydrogen-bond donors (Lipinski definition) is 1. The van der Waals surface area contributed by atoms with Crippen LogP contribution in [-0.4, -0.2) is 17.4 Å². The molecule has 6 heteroatoms. The van der Waals surface area contributed by atoms with Crippen LogP contribution >= 0.6 is 0 Å². The topological polar surface area (TPSA) is 46.5 Å². The molecular formula is C11H11F3O3. The Labute approximate surface area is 95.8 Å². The highest BCUT2D eigenvalue weighted by Gasteiger charge is 2.33. The Morgan fingerprint density at radius 1 is 1.35 bits per heavy atom. The van der Waals surface area contributed by atoms with Gasteiger partial charge in [-0.3, -0.25) is 4.79 Å². The maximum absolute atomic E-state index is 12.2. The lowest BCUT2D eigenvalue weighted by molar-refractivity contribution is -0.275. The maximum Gasteiger partial charge on any atom is 0.573 e. The molecule has 0 aliphatic heterocycles. The number of aliphatic carboxylic acids is 1. The third-order valence-electron chi connectivity index (χ3n) is 2.12. The van der Waals surface area contributed by atoms with E-state index in [1.807, 2.05) is 0 Å². The van der Waals surface area contributed by atoms with Gasteiger partial charge in [0.05, 0.1) is 6.42 Å². The predicted molar refractivity (Wildman–Crippen MR) is 53.8 cm³/mol. The number of carbonyl (C=O) groups is 1. The molecule has 0 aliphatic carbocycles. The van der Waals surface area contributed by atoms with Gasteiger partial charge in [0.15, 0.2) is 0 Å². The zero-order valence-corrected chi connectivity index (χ0v) is 9.04. The molecule has 0 aliphatic rings. The Kier molecular flexibility index (Phi) is 3.98. The number of carboxylic acid groups (broad SMARTS) is 1. The fourth-order valence-electron chi connectivity index (χ4n) is 1.47. The normalized spacial score (nSPS) is 11.3. The number of carboxylic acids is 1. The molecule has 1 aromatic rings. The monoisotopic (exact) mass is 248 g/mol. The number of rotatable bonds is 4. The van der Waals surface area contributed by atoms with Gasteiger partial charge in [-0.1, -0.05) is 25.1 Å². The largest absolute Gasteiger partial charge is 0.573 e. The number of benzene rings is 1. The van der Waals surface area contributed by atoms with Gasteiger partial charge in [-0.25, -0.2) is 0 Å². The quantitative estimate of drug-likeness (QED) is 0.891. The summed E-state index contributed by atoms with van der Waals surface area (Å²) in [5.41, 5.74) is 0.357. The standard InChI is InChI=1S/C11H11F3O3/c1-2-7-4-3-5-8(6-9(15)16)10(7)17-11(12,13)14/h3-5H,2,6H2,1H3,(H,15,16). The first-order chi connectivity index (χ1) is 7.83. The van der Waals surface area contributed by atoms with Crippen LogP contribution in [-0.2, 0) is 17.6 Å². The molecule has 17 heavy (non-hydrogen) atoms. The van der Waals surface area contributed by atoms with E-state index in [0.29, 0.717) is 12.0 Å². The van der Waals surface area contributed by atoms with Gasteiger partial charge < -0.3 is 9.84 Å². The summed E-state index contributed by atoms with van der Waals surface area (Å²) in [5, 5.41) is 8.62. The van der Waals surface area contributed by atoms with E-state index < -0.39 is 24.5 Å². The molecule has 0 unspecified atom stereocenters. The van der Waals surface area contributed by atoms with Gasteiger partial charge in [-0.05, 0) is 12.0 Å². The summed E-state index contributed by atoms with van der Waals surface area (Å²) >= 11 is 0. The van der Waals surface area contributed by atoms with Gasteiger partial charge in [0.25, 0.3) is 0 Å². The summed E-state index contributed by atoms with van der Waals surface area (Å²) in [7, 11) is 0. The van der Waals surface area contributed by atoms with Crippen molar-refractivity contribution in [1.29, 1.82) is 0 Å². The maximum atomic E-state index is 12.2. The van der Waals surface area contributed by atoms with Crippen LogP contribution < -0.4 is 4.74 Å². The van der Waals surface area contributed by atoms with E-state index in [-0.39, 0.29) is 5.56 Å². The van der Waals surface area contributed by atoms with Crippen LogP contribution in [0, 0.1) is 0 Å². The Morgan fingerprint density at radius 3 is 2.41 bits per heavy atom. The van der Waals surface area contributed by atoms with E-state index in [0.717, 1.165) is 0 Å². The lowest BCUT2D eigenvalue weighted by Gasteiger charge is -2.15. The van der Waals surface area contributed by atoms with Gasteiger partial charge in [0, 0.05) is 5.56 Å². The van der Waals surface area contributed by atoms with Crippen molar-refractivity contribution in [3.8, 4) is 5.75 Å². The summed E-state index contributed by atoms with van der Waals surface area (Å²) in [6, 6.07) is 4.31. The van der Waals surface area contributed by atoms with Crippen LogP contribution in [0.4, 0.5) is 13.2 Å². The number of aryl methyl sites for hydroxylation is 1. The third kappa shape index (κ3) is 3.97. The van der Waals surface area contributed by atoms with Gasteiger partial charge >= 0.3 is 12.3 Å². The highest BCUT2D eigenvalue weighted by molar-refractivity contribution is 5.71. The van der Waals surface area contributed by atoms with Crippen molar-refractivity contribution in [3.63, 3.8) is 0 Å². The molecule has 0 saturated heterocycles. The first kappa shape index (κ1) is 13.3. The van der Waals surface area contributed by atoms with Gasteiger partial charge in [0.2, 0.25) is 0 Å². The molecule has 1 N–H and O–H groups in total. The molecule has 1 rings (SSSR count). The van der Waals surface area contributed by atoms with Crippen LogP contribution in [0.3, 0.4) is 0 Å². The van der Waals surface area contributed by atoms with Crippen molar-refractivity contribution in [1.82, 2.24) is 0 Å². The molecule has 1 aromatic carbocycles. The smallest absolute Gasteiger partial charge is 0.481 e. The molecular weight excluding hydrogens is 237 g/mol. The summed E-state index contributed by atoms with van der Waals surface area (Å²) in [6.07, 6.45) is -4.99. The number of hydrogen-bond acceptors (Lipinski definition) is 2. The first-order valence-corrected chi connectivity index (χ1v) is 4.91. The Bertz CT molecular complexity index is 413. The zero-order valence-electron chi connectivity index (χ0n) is 9.04. The second-order valence-electron chi connectivity index (χ2n) is 3.38. The number of halogens is 3. The Hall–Kier alpha value is -1.72. The first-order valence-electron chi connectivity index (χ1n) is 4.91. The average Bonchev–Trinajstić information content (AvgIpc) is 2.17. The molecule has 94 valence electrons. The summed E-state index contributed by atoms with van der Waals surface area (Å²) in [5.74, 6) is -1.60. The minimum atomic E-state index is -4.82. The molecule has 0 radical (unpaired) electrons. The molecule has 0 spiro atoms. The summed E-state index contributed by atoms with van der Waals surface area (Å²) < 4.78 is 40.5. The van der Waals surface area contributed by atoms with E-state index in [4.69, 9.17) is 5.11 Å². The third-order valence-corrected chi connectivity index (χ3v) is 2.12. The SMILES string of the molecule is CCc1cccc(CC(=O)O)c1OC(F)(F)F. The second kappa shape index (κ2) is 5.07. The lowest BCUT2D eigenvalue weighted by Crippen LogP contribution is -2.19. The lowest BCUT2D eigenvalue weighted by atomic mass is 10.0. The minimum Gasteiger partial charge on any atom is -0.481 e. The predicted octanol–water partition coefficient (Wildman–Crippen LogP) is 2.77. The van der Waals surface area contributed by atoms with E-state index in [1.54, 1.807) is 6.92 Å². The Balaban J connectivity index is 3.15. The van der Waals surface area contributed by atoms with Crippen molar-refractivity contribution >= 4 is 5.97 Å². The van der Waals surface area contributed by atoms with Crippen molar-refractivity contribution in [2.75, 3.05) is 0 Å². The number of alkyl halides is 3. The van der Waals surface area contributed by atoms with E-state index in [1.165, 1.54) is 18.2 Å². The number of ether oxygens (including phenoxy) is 1. The van der Waals surface area contributed by atoms with Crippen molar-refractivity contribution in [2.45, 2.75) is 26.1 Å². The fraction of sp³-hybridized carbons (Fsp3) is 0.364. The Morgan fingerprint density at radius 2 is 1.94 bits per heavy atom. The molecule has 0 bridgehead atoms. The van der Waals surface area contributed by atoms with E-state index in [9.17, 15) is 18.0 Å². The highest BCUT2D eigenvalue weighted by atomic mass is 19.4. The van der Waals surface area contributed by atoms with Crippen molar-refractivity contribution in [3.05, 3.63) is 29.3 Å². The van der Waals surface area contributed by atoms with Gasteiger partial charge in [-0.2, -0.15) is 0 Å². The van der Waals surface area contributed by atoms with Crippen molar-refractivity contribution in [2.24, 2.45) is 0 Å². The average molecular weight is 248 g/mol. The fourth-order valence-corrected chi connectivity index (χ4v) is 1.47. The minimum absolute atomic E-state index is 0.0224. The van der Waals surface area contributed by atoms with Gasteiger partial charge in [0.1, 0.15) is 5.75 Å². The zero-order chi connectivity index (χ0) is 13.1. The molecule has 0 amide bonds. The van der Waals surface area contributed by atoms with Gasteiger partial charge in [-0.15, -0.1) is 13.2 Å². The van der Waals surface area contributed by atoms with Crippen LogP contribution in [0.5, 0.6) is 5.75 Å². The van der Waals surface area contributed by atoms with Crippen LogP contribution in [0.25, 0.3) is 0 Å². The van der Waals surface area contributed by atoms with Crippen LogP contribution in [0.2, 0.25) is 0 Å². The van der Waals surface area contributed by atoms with Crippen LogP contribution in [0.1, 0.15) is 18.1 Å². The molecule has 0 fully saturated rings. The van der Waals surface area contributed by atoms with E-state index in [2.05, 4.69) is 4.74 Å². The summed E-state index contributed by atoms with van der Waals surface area (Å²) in [4.78, 5) is 10.5. The number of para-hydroxylation sites is 1. The molecule has 0 aromatic heterocycles. The second-order valence-corrected chi connectivity index (χ2v) is 3.38. The molecule has 0 atom stereocenters. The molecule has 3 nitrogen and oxygen atoms in total. The molecule has 0 heterocycles. The molecule has 0 saturated carbocycles. The van der Waals surface area contributed by atoms with E-state index >= 15 is 0 Å². The van der Waals surface area contributed by atoms with Crippen LogP contribution in [0.15, 0.2) is 18.2 Å².